The van der Waals surface area contributed by atoms with Gasteiger partial charge >= 0.3 is 0 Å². The van der Waals surface area contributed by atoms with Gasteiger partial charge in [0, 0.05) is 11.3 Å². The summed E-state index contributed by atoms with van der Waals surface area (Å²) in [7, 11) is 0. The van der Waals surface area contributed by atoms with Gasteiger partial charge in [0.2, 0.25) is 17.8 Å². The Bertz CT molecular complexity index is 819. The molecule has 0 aliphatic rings. The first-order valence-electron chi connectivity index (χ1n) is 8.01. The number of rotatable bonds is 5. The van der Waals surface area contributed by atoms with E-state index >= 15 is 0 Å². The summed E-state index contributed by atoms with van der Waals surface area (Å²) in [5, 5.41) is 0. The Morgan fingerprint density at radius 3 is 2.25 bits per heavy atom. The van der Waals surface area contributed by atoms with Crippen molar-refractivity contribution in [2.24, 2.45) is 0 Å². The lowest BCUT2D eigenvalue weighted by Crippen LogP contribution is -2.12. The molecular weight excluding hydrogens is 302 g/mol. The summed E-state index contributed by atoms with van der Waals surface area (Å²) in [6, 6.07) is 9.95. The van der Waals surface area contributed by atoms with Gasteiger partial charge in [0.25, 0.3) is 0 Å². The number of anilines is 2. The van der Waals surface area contributed by atoms with Crippen molar-refractivity contribution >= 4 is 11.9 Å². The second-order valence-electron chi connectivity index (χ2n) is 5.62. The Labute approximate surface area is 140 Å². The Balaban J connectivity index is 2.23. The summed E-state index contributed by atoms with van der Waals surface area (Å²) >= 11 is 0. The Morgan fingerprint density at radius 2 is 1.62 bits per heavy atom. The van der Waals surface area contributed by atoms with E-state index in [9.17, 15) is 0 Å². The first-order chi connectivity index (χ1) is 11.6. The highest BCUT2D eigenvalue weighted by Crippen LogP contribution is 2.26. The smallest absolute Gasteiger partial charge is 0.242 e. The number of aromatic nitrogens is 5. The van der Waals surface area contributed by atoms with Crippen LogP contribution >= 0.6 is 0 Å². The molecule has 1 aromatic carbocycles. The van der Waals surface area contributed by atoms with E-state index in [0.29, 0.717) is 5.95 Å². The summed E-state index contributed by atoms with van der Waals surface area (Å²) in [6.07, 6.45) is 3.03. The van der Waals surface area contributed by atoms with Crippen LogP contribution in [0.2, 0.25) is 0 Å². The third kappa shape index (κ3) is 3.05. The minimum absolute atomic E-state index is 0.101. The van der Waals surface area contributed by atoms with Crippen molar-refractivity contribution in [1.82, 2.24) is 24.5 Å². The molecule has 124 valence electrons. The van der Waals surface area contributed by atoms with Crippen LogP contribution < -0.4 is 11.5 Å². The molecule has 0 radical (unpaired) electrons. The molecule has 0 saturated carbocycles. The van der Waals surface area contributed by atoms with Crippen LogP contribution in [0, 0.1) is 6.92 Å². The average molecular weight is 323 g/mol. The quantitative estimate of drug-likeness (QED) is 0.747. The Kier molecular flexibility index (Phi) is 4.41. The maximum atomic E-state index is 5.77. The van der Waals surface area contributed by atoms with Crippen LogP contribution in [0.1, 0.15) is 31.2 Å². The maximum Gasteiger partial charge on any atom is 0.242 e. The zero-order valence-corrected chi connectivity index (χ0v) is 13.9. The van der Waals surface area contributed by atoms with Crippen LogP contribution in [0.15, 0.2) is 30.3 Å². The summed E-state index contributed by atoms with van der Waals surface area (Å²) < 4.78 is 1.94. The molecule has 2 heterocycles. The van der Waals surface area contributed by atoms with Crippen molar-refractivity contribution in [2.45, 2.75) is 33.1 Å². The van der Waals surface area contributed by atoms with Gasteiger partial charge in [-0.25, -0.2) is 4.98 Å². The summed E-state index contributed by atoms with van der Waals surface area (Å²) in [5.41, 5.74) is 14.5. The molecule has 3 aromatic rings. The van der Waals surface area contributed by atoms with E-state index in [1.807, 2.05) is 41.8 Å². The Hall–Kier alpha value is -2.96. The van der Waals surface area contributed by atoms with Gasteiger partial charge in [-0.1, -0.05) is 43.7 Å². The predicted molar refractivity (Wildman–Crippen MR) is 94.6 cm³/mol. The van der Waals surface area contributed by atoms with Crippen LogP contribution in [-0.4, -0.2) is 24.5 Å². The molecule has 0 aliphatic heterocycles. The average Bonchev–Trinajstić information content (AvgIpc) is 2.89. The fraction of sp³-hybridized carbons (Fsp3) is 0.294. The number of imidazole rings is 1. The number of unbranched alkanes of at least 4 members (excludes halogenated alkanes) is 1. The molecule has 0 unspecified atom stereocenters. The zero-order valence-electron chi connectivity index (χ0n) is 13.9. The van der Waals surface area contributed by atoms with Gasteiger partial charge in [0.1, 0.15) is 5.82 Å². The molecule has 4 N–H and O–H groups in total. The first-order valence-corrected chi connectivity index (χ1v) is 8.01. The number of benzene rings is 1. The van der Waals surface area contributed by atoms with Crippen LogP contribution in [0.4, 0.5) is 11.9 Å². The number of hydrogen-bond acceptors (Lipinski definition) is 6. The maximum absolute atomic E-state index is 5.77. The lowest BCUT2D eigenvalue weighted by Gasteiger charge is -2.11. The highest BCUT2D eigenvalue weighted by molar-refractivity contribution is 5.59. The topological polar surface area (TPSA) is 109 Å². The highest BCUT2D eigenvalue weighted by atomic mass is 15.3. The van der Waals surface area contributed by atoms with Crippen molar-refractivity contribution in [1.29, 1.82) is 0 Å². The lowest BCUT2D eigenvalue weighted by atomic mass is 10.1. The van der Waals surface area contributed by atoms with E-state index in [2.05, 4.69) is 21.9 Å². The zero-order chi connectivity index (χ0) is 17.1. The predicted octanol–water partition coefficient (Wildman–Crippen LogP) is 2.54. The number of nitrogens with zero attached hydrogens (tertiary/aromatic N) is 5. The molecule has 0 bridgehead atoms. The van der Waals surface area contributed by atoms with Crippen molar-refractivity contribution in [3.05, 3.63) is 41.7 Å². The molecule has 0 spiro atoms. The summed E-state index contributed by atoms with van der Waals surface area (Å²) in [6.45, 7) is 4.16. The third-order valence-electron chi connectivity index (χ3n) is 3.83. The van der Waals surface area contributed by atoms with Crippen LogP contribution in [-0.2, 0) is 6.42 Å². The molecule has 3 rings (SSSR count). The molecule has 0 fully saturated rings. The van der Waals surface area contributed by atoms with Crippen molar-refractivity contribution in [3.8, 4) is 17.3 Å². The molecule has 2 aromatic heterocycles. The molecular formula is C17H21N7. The van der Waals surface area contributed by atoms with E-state index in [-0.39, 0.29) is 11.9 Å². The van der Waals surface area contributed by atoms with E-state index in [1.54, 1.807) is 0 Å². The molecule has 0 saturated heterocycles. The van der Waals surface area contributed by atoms with E-state index < -0.39 is 0 Å². The standard InChI is InChI=1S/C17H21N7/c1-3-4-10-13-11(2)20-14(12-8-6-5-7-9-12)24(13)17-22-15(18)21-16(19)23-17/h5-9H,3-4,10H2,1-2H3,(H4,18,19,21,22,23). The van der Waals surface area contributed by atoms with Gasteiger partial charge < -0.3 is 11.5 Å². The fourth-order valence-corrected chi connectivity index (χ4v) is 2.69. The van der Waals surface area contributed by atoms with Gasteiger partial charge in [0.15, 0.2) is 0 Å². The Morgan fingerprint density at radius 1 is 0.958 bits per heavy atom. The van der Waals surface area contributed by atoms with Gasteiger partial charge in [0.05, 0.1) is 5.69 Å². The number of nitrogen functional groups attached to an aromatic ring is 2. The summed E-state index contributed by atoms with van der Waals surface area (Å²) in [5.74, 6) is 1.39. The third-order valence-corrected chi connectivity index (χ3v) is 3.83. The van der Waals surface area contributed by atoms with Crippen LogP contribution in [0.3, 0.4) is 0 Å². The largest absolute Gasteiger partial charge is 0.368 e. The number of hydrogen-bond donors (Lipinski definition) is 2. The second-order valence-corrected chi connectivity index (χ2v) is 5.62. The van der Waals surface area contributed by atoms with Crippen molar-refractivity contribution in [3.63, 3.8) is 0 Å². The van der Waals surface area contributed by atoms with Crippen LogP contribution in [0.5, 0.6) is 0 Å². The second kappa shape index (κ2) is 6.66. The van der Waals surface area contributed by atoms with Gasteiger partial charge in [-0.15, -0.1) is 0 Å². The minimum atomic E-state index is 0.101. The van der Waals surface area contributed by atoms with Crippen molar-refractivity contribution < 1.29 is 0 Å². The number of aryl methyl sites for hydroxylation is 1. The molecule has 0 aliphatic carbocycles. The first kappa shape index (κ1) is 15.9. The fourth-order valence-electron chi connectivity index (χ4n) is 2.69. The number of nitrogens with two attached hydrogens (primary N) is 2. The minimum Gasteiger partial charge on any atom is -0.368 e. The van der Waals surface area contributed by atoms with Gasteiger partial charge in [-0.3, -0.25) is 4.57 Å². The van der Waals surface area contributed by atoms with E-state index in [4.69, 9.17) is 16.5 Å². The highest BCUT2D eigenvalue weighted by Gasteiger charge is 2.19. The molecule has 7 heteroatoms. The lowest BCUT2D eigenvalue weighted by molar-refractivity contribution is 0.744. The monoisotopic (exact) mass is 323 g/mol. The van der Waals surface area contributed by atoms with Crippen molar-refractivity contribution in [2.75, 3.05) is 11.5 Å². The molecule has 24 heavy (non-hydrogen) atoms. The van der Waals surface area contributed by atoms with E-state index in [1.165, 1.54) is 0 Å². The summed E-state index contributed by atoms with van der Waals surface area (Å²) in [4.78, 5) is 17.2. The molecule has 7 nitrogen and oxygen atoms in total. The normalized spacial score (nSPS) is 10.9. The SMILES string of the molecule is CCCCc1c(C)nc(-c2ccccc2)n1-c1nc(N)nc(N)n1. The van der Waals surface area contributed by atoms with Gasteiger partial charge in [-0.05, 0) is 19.8 Å². The molecule has 0 atom stereocenters. The molecule has 0 amide bonds. The van der Waals surface area contributed by atoms with Gasteiger partial charge in [-0.2, -0.15) is 15.0 Å². The van der Waals surface area contributed by atoms with E-state index in [0.717, 1.165) is 42.0 Å². The van der Waals surface area contributed by atoms with Crippen LogP contribution in [0.25, 0.3) is 17.3 Å².